The maximum Gasteiger partial charge on any atom is 0.332 e. The number of benzene rings is 3. The van der Waals surface area contributed by atoms with Crippen molar-refractivity contribution in [2.45, 2.75) is 19.6 Å². The molecule has 0 saturated carbocycles. The minimum Gasteiger partial charge on any atom is -0.350 e. The zero-order valence-electron chi connectivity index (χ0n) is 18.1. The molecule has 0 unspecified atom stereocenters. The minimum atomic E-state index is -0.674. The largest absolute Gasteiger partial charge is 0.350 e. The number of halogens is 2. The van der Waals surface area contributed by atoms with Gasteiger partial charge in [-0.2, -0.15) is 0 Å². The molecule has 4 rings (SSSR count). The molecule has 0 atom stereocenters. The van der Waals surface area contributed by atoms with Crippen LogP contribution in [0.25, 0.3) is 10.9 Å². The predicted octanol–water partition coefficient (Wildman–Crippen LogP) is 3.74. The van der Waals surface area contributed by atoms with Crippen LogP contribution in [0.1, 0.15) is 11.1 Å². The topological polar surface area (TPSA) is 116 Å². The van der Waals surface area contributed by atoms with Crippen LogP contribution in [-0.4, -0.2) is 20.0 Å². The maximum atomic E-state index is 13.3. The van der Waals surface area contributed by atoms with Crippen LogP contribution in [0.3, 0.4) is 0 Å². The highest BCUT2D eigenvalue weighted by Gasteiger charge is 2.16. The zero-order chi connectivity index (χ0) is 25.1. The van der Waals surface area contributed by atoms with E-state index in [0.29, 0.717) is 26.7 Å². The van der Waals surface area contributed by atoms with Gasteiger partial charge in [-0.05, 0) is 35.4 Å². The average molecular weight is 513 g/mol. The molecule has 9 nitrogen and oxygen atoms in total. The van der Waals surface area contributed by atoms with E-state index in [0.717, 1.165) is 4.57 Å². The summed E-state index contributed by atoms with van der Waals surface area (Å²) in [5.41, 5.74) is 0.302. The van der Waals surface area contributed by atoms with Gasteiger partial charge in [-0.15, -0.1) is 0 Å². The number of fused-ring (bicyclic) bond motifs is 1. The van der Waals surface area contributed by atoms with E-state index in [1.54, 1.807) is 42.5 Å². The fourth-order valence-corrected chi connectivity index (χ4v) is 4.10. The molecule has 0 aliphatic heterocycles. The Morgan fingerprint density at radius 2 is 1.69 bits per heavy atom. The molecule has 178 valence electrons. The molecular formula is C24H18Cl2N4O5. The molecule has 0 aliphatic rings. The van der Waals surface area contributed by atoms with Crippen molar-refractivity contribution in [2.24, 2.45) is 0 Å². The summed E-state index contributed by atoms with van der Waals surface area (Å²) >= 11 is 12.0. The third kappa shape index (κ3) is 5.26. The molecule has 0 spiro atoms. The summed E-state index contributed by atoms with van der Waals surface area (Å²) in [4.78, 5) is 49.4. The number of para-hydroxylation sites is 1. The van der Waals surface area contributed by atoms with Crippen LogP contribution < -0.4 is 16.6 Å². The molecule has 0 aliphatic carbocycles. The van der Waals surface area contributed by atoms with Crippen molar-refractivity contribution < 1.29 is 9.72 Å². The van der Waals surface area contributed by atoms with Crippen molar-refractivity contribution in [2.75, 3.05) is 0 Å². The number of non-ortho nitro benzene ring substituents is 1. The maximum absolute atomic E-state index is 13.3. The highest BCUT2D eigenvalue weighted by molar-refractivity contribution is 6.35. The van der Waals surface area contributed by atoms with Crippen molar-refractivity contribution in [3.63, 3.8) is 0 Å². The van der Waals surface area contributed by atoms with Crippen LogP contribution in [0.2, 0.25) is 10.0 Å². The molecule has 1 aromatic heterocycles. The lowest BCUT2D eigenvalue weighted by Crippen LogP contribution is -2.43. The summed E-state index contributed by atoms with van der Waals surface area (Å²) in [7, 11) is 0. The lowest BCUT2D eigenvalue weighted by molar-refractivity contribution is -0.384. The fourth-order valence-electron chi connectivity index (χ4n) is 3.63. The van der Waals surface area contributed by atoms with Crippen LogP contribution in [0, 0.1) is 10.1 Å². The molecule has 0 radical (unpaired) electrons. The highest BCUT2D eigenvalue weighted by atomic mass is 35.5. The van der Waals surface area contributed by atoms with E-state index in [-0.39, 0.29) is 24.2 Å². The number of aromatic nitrogens is 2. The van der Waals surface area contributed by atoms with E-state index in [1.165, 1.54) is 28.8 Å². The van der Waals surface area contributed by atoms with Gasteiger partial charge < -0.3 is 5.32 Å². The Hall–Kier alpha value is -3.95. The van der Waals surface area contributed by atoms with Crippen molar-refractivity contribution >= 4 is 45.7 Å². The number of nitrogens with one attached hydrogen (secondary N) is 1. The van der Waals surface area contributed by atoms with E-state index in [2.05, 4.69) is 5.32 Å². The number of hydrogen-bond acceptors (Lipinski definition) is 5. The molecule has 0 fully saturated rings. The zero-order valence-corrected chi connectivity index (χ0v) is 19.6. The van der Waals surface area contributed by atoms with Gasteiger partial charge in [0.2, 0.25) is 5.91 Å². The molecule has 3 aromatic carbocycles. The number of nitrogens with zero attached hydrogens (tertiary/aromatic N) is 3. The second kappa shape index (κ2) is 10.1. The van der Waals surface area contributed by atoms with E-state index in [4.69, 9.17) is 23.2 Å². The van der Waals surface area contributed by atoms with Crippen LogP contribution in [0.5, 0.6) is 0 Å². The number of carbonyl (C=O) groups excluding carboxylic acids is 1. The van der Waals surface area contributed by atoms with Gasteiger partial charge in [0.15, 0.2) is 0 Å². The van der Waals surface area contributed by atoms with E-state index < -0.39 is 28.6 Å². The Bertz CT molecular complexity index is 1560. The van der Waals surface area contributed by atoms with Gasteiger partial charge >= 0.3 is 5.69 Å². The van der Waals surface area contributed by atoms with Crippen molar-refractivity contribution in [3.8, 4) is 0 Å². The smallest absolute Gasteiger partial charge is 0.332 e. The summed E-state index contributed by atoms with van der Waals surface area (Å²) in [5, 5.41) is 14.7. The molecule has 11 heteroatoms. The van der Waals surface area contributed by atoms with Gasteiger partial charge in [0.25, 0.3) is 11.2 Å². The summed E-state index contributed by atoms with van der Waals surface area (Å²) in [5.74, 6) is -0.549. The summed E-state index contributed by atoms with van der Waals surface area (Å²) < 4.78 is 2.23. The molecular weight excluding hydrogens is 495 g/mol. The Morgan fingerprint density at radius 1 is 0.971 bits per heavy atom. The SMILES string of the molecule is O=C(Cn1c(=O)c2ccccc2n(Cc2ccc([N+](=O)[O-])cc2)c1=O)NCc1ccc(Cl)cc1Cl. The highest BCUT2D eigenvalue weighted by Crippen LogP contribution is 2.20. The first-order valence-corrected chi connectivity index (χ1v) is 11.2. The minimum absolute atomic E-state index is 0.0552. The third-order valence-electron chi connectivity index (χ3n) is 5.41. The molecule has 4 aromatic rings. The molecule has 0 saturated heterocycles. The Balaban J connectivity index is 1.65. The average Bonchev–Trinajstić information content (AvgIpc) is 2.84. The number of amides is 1. The van der Waals surface area contributed by atoms with E-state index in [9.17, 15) is 24.5 Å². The Kier molecular flexibility index (Phi) is 6.99. The van der Waals surface area contributed by atoms with E-state index in [1.807, 2.05) is 0 Å². The monoisotopic (exact) mass is 512 g/mol. The molecule has 1 heterocycles. The van der Waals surface area contributed by atoms with Crippen LogP contribution in [0.4, 0.5) is 5.69 Å². The number of nitro groups is 1. The standard InChI is InChI=1S/C24H18Cl2N4O5/c25-17-8-7-16(20(26)11-17)12-27-22(31)14-29-23(32)19-3-1-2-4-21(19)28(24(29)33)13-15-5-9-18(10-6-15)30(34)35/h1-11H,12-14H2,(H,27,31). The van der Waals surface area contributed by atoms with Gasteiger partial charge in [-0.1, -0.05) is 53.5 Å². The van der Waals surface area contributed by atoms with Gasteiger partial charge in [-0.3, -0.25) is 28.8 Å². The second-order valence-corrected chi connectivity index (χ2v) is 8.56. The second-order valence-electron chi connectivity index (χ2n) is 7.71. The van der Waals surface area contributed by atoms with Crippen molar-refractivity contribution in [1.29, 1.82) is 0 Å². The van der Waals surface area contributed by atoms with Gasteiger partial charge in [-0.25, -0.2) is 4.79 Å². The third-order valence-corrected chi connectivity index (χ3v) is 6.00. The summed E-state index contributed by atoms with van der Waals surface area (Å²) in [6.45, 7) is -0.345. The summed E-state index contributed by atoms with van der Waals surface area (Å²) in [6.07, 6.45) is 0. The number of hydrogen-bond donors (Lipinski definition) is 1. The van der Waals surface area contributed by atoms with Gasteiger partial charge in [0, 0.05) is 28.7 Å². The molecule has 1 N–H and O–H groups in total. The number of nitro benzene ring substituents is 1. The number of rotatable bonds is 7. The first kappa shape index (κ1) is 24.2. The van der Waals surface area contributed by atoms with Gasteiger partial charge in [0.1, 0.15) is 6.54 Å². The molecule has 1 amide bonds. The Morgan fingerprint density at radius 3 is 2.37 bits per heavy atom. The first-order valence-electron chi connectivity index (χ1n) is 10.4. The van der Waals surface area contributed by atoms with Crippen LogP contribution >= 0.6 is 23.2 Å². The van der Waals surface area contributed by atoms with E-state index >= 15 is 0 Å². The summed E-state index contributed by atoms with van der Waals surface area (Å²) in [6, 6.07) is 17.2. The van der Waals surface area contributed by atoms with Crippen LogP contribution in [-0.2, 0) is 24.4 Å². The lowest BCUT2D eigenvalue weighted by atomic mass is 10.2. The molecule has 0 bridgehead atoms. The fraction of sp³-hybridized carbons (Fsp3) is 0.125. The van der Waals surface area contributed by atoms with Crippen molar-refractivity contribution in [1.82, 2.24) is 14.5 Å². The van der Waals surface area contributed by atoms with Crippen LogP contribution in [0.15, 0.2) is 76.3 Å². The lowest BCUT2D eigenvalue weighted by Gasteiger charge is -2.14. The quantitative estimate of drug-likeness (QED) is 0.299. The predicted molar refractivity (Wildman–Crippen MR) is 133 cm³/mol. The first-order chi connectivity index (χ1) is 16.7. The van der Waals surface area contributed by atoms with Gasteiger partial charge in [0.05, 0.1) is 22.4 Å². The normalized spacial score (nSPS) is 10.9. The molecule has 35 heavy (non-hydrogen) atoms. The number of carbonyl (C=O) groups is 1. The van der Waals surface area contributed by atoms with Crippen molar-refractivity contribution in [3.05, 3.63) is 119 Å². The Labute approximate surface area is 208 Å².